The third kappa shape index (κ3) is 2.77. The minimum Gasteiger partial charge on any atom is -0.490 e. The standard InChI is InChI=1S/C18H20N2O2/c1-3-14-6-4-5-7-15(14)19-18(21)20-10-11-22-17-9-8-13(2)12-16(17)20/h4-9,12H,3,10-11H2,1-2H3,(H,19,21). The third-order valence-electron chi connectivity index (χ3n) is 3.86. The molecular formula is C18H20N2O2. The zero-order valence-electron chi connectivity index (χ0n) is 12.9. The number of nitrogens with one attached hydrogen (secondary N) is 1. The minimum atomic E-state index is -0.115. The van der Waals surface area contributed by atoms with Gasteiger partial charge in [0.05, 0.1) is 12.2 Å². The highest BCUT2D eigenvalue weighted by molar-refractivity contribution is 6.03. The van der Waals surface area contributed by atoms with Crippen LogP contribution in [0.2, 0.25) is 0 Å². The van der Waals surface area contributed by atoms with Crippen molar-refractivity contribution in [1.82, 2.24) is 0 Å². The normalized spacial score (nSPS) is 13.3. The summed E-state index contributed by atoms with van der Waals surface area (Å²) < 4.78 is 5.63. The summed E-state index contributed by atoms with van der Waals surface area (Å²) in [5.41, 5.74) is 3.94. The highest BCUT2D eigenvalue weighted by Gasteiger charge is 2.24. The molecule has 2 aromatic carbocycles. The van der Waals surface area contributed by atoms with Crippen LogP contribution in [0, 0.1) is 6.92 Å². The molecule has 0 fully saturated rings. The minimum absolute atomic E-state index is 0.115. The Kier molecular flexibility index (Phi) is 4.00. The number of aryl methyl sites for hydroxylation is 2. The van der Waals surface area contributed by atoms with Crippen molar-refractivity contribution in [3.8, 4) is 5.75 Å². The van der Waals surface area contributed by atoms with Crippen LogP contribution in [-0.4, -0.2) is 19.2 Å². The van der Waals surface area contributed by atoms with Crippen LogP contribution < -0.4 is 15.0 Å². The van der Waals surface area contributed by atoms with Crippen molar-refractivity contribution >= 4 is 17.4 Å². The van der Waals surface area contributed by atoms with Gasteiger partial charge in [-0.2, -0.15) is 0 Å². The average Bonchev–Trinajstić information content (AvgIpc) is 2.54. The van der Waals surface area contributed by atoms with Crippen molar-refractivity contribution in [3.05, 3.63) is 53.6 Å². The van der Waals surface area contributed by atoms with Gasteiger partial charge in [-0.1, -0.05) is 31.2 Å². The topological polar surface area (TPSA) is 41.6 Å². The maximum Gasteiger partial charge on any atom is 0.326 e. The Morgan fingerprint density at radius 2 is 2.09 bits per heavy atom. The molecule has 22 heavy (non-hydrogen) atoms. The van der Waals surface area contributed by atoms with E-state index in [4.69, 9.17) is 4.74 Å². The van der Waals surface area contributed by atoms with Crippen LogP contribution in [0.15, 0.2) is 42.5 Å². The molecule has 1 N–H and O–H groups in total. The second kappa shape index (κ2) is 6.10. The summed E-state index contributed by atoms with van der Waals surface area (Å²) in [7, 11) is 0. The molecule has 0 aliphatic carbocycles. The Morgan fingerprint density at radius 3 is 2.91 bits per heavy atom. The molecule has 0 unspecified atom stereocenters. The Balaban J connectivity index is 1.86. The van der Waals surface area contributed by atoms with E-state index in [1.165, 1.54) is 0 Å². The average molecular weight is 296 g/mol. The number of para-hydroxylation sites is 1. The first-order chi connectivity index (χ1) is 10.7. The third-order valence-corrected chi connectivity index (χ3v) is 3.86. The molecule has 0 aromatic heterocycles. The molecule has 0 bridgehead atoms. The van der Waals surface area contributed by atoms with Gasteiger partial charge in [-0.3, -0.25) is 4.90 Å². The van der Waals surface area contributed by atoms with Gasteiger partial charge in [-0.05, 0) is 42.7 Å². The van der Waals surface area contributed by atoms with Gasteiger partial charge in [0.15, 0.2) is 0 Å². The van der Waals surface area contributed by atoms with Gasteiger partial charge in [0, 0.05) is 5.69 Å². The van der Waals surface area contributed by atoms with Crippen LogP contribution in [0.1, 0.15) is 18.1 Å². The van der Waals surface area contributed by atoms with Crippen LogP contribution in [0.5, 0.6) is 5.75 Å². The van der Waals surface area contributed by atoms with E-state index >= 15 is 0 Å². The van der Waals surface area contributed by atoms with Crippen molar-refractivity contribution in [2.75, 3.05) is 23.4 Å². The summed E-state index contributed by atoms with van der Waals surface area (Å²) >= 11 is 0. The molecule has 1 heterocycles. The van der Waals surface area contributed by atoms with Crippen molar-refractivity contribution in [2.45, 2.75) is 20.3 Å². The van der Waals surface area contributed by atoms with Gasteiger partial charge < -0.3 is 10.1 Å². The number of hydrogen-bond donors (Lipinski definition) is 1. The van der Waals surface area contributed by atoms with E-state index in [2.05, 4.69) is 12.2 Å². The number of urea groups is 1. The molecule has 4 nitrogen and oxygen atoms in total. The fraction of sp³-hybridized carbons (Fsp3) is 0.278. The van der Waals surface area contributed by atoms with E-state index in [0.29, 0.717) is 13.2 Å². The quantitative estimate of drug-likeness (QED) is 0.910. The molecule has 3 rings (SSSR count). The Morgan fingerprint density at radius 1 is 1.27 bits per heavy atom. The zero-order chi connectivity index (χ0) is 15.5. The number of carbonyl (C=O) groups excluding carboxylic acids is 1. The molecule has 0 saturated heterocycles. The molecule has 0 radical (unpaired) electrons. The van der Waals surface area contributed by atoms with Crippen molar-refractivity contribution in [1.29, 1.82) is 0 Å². The summed E-state index contributed by atoms with van der Waals surface area (Å²) in [5.74, 6) is 0.760. The monoisotopic (exact) mass is 296 g/mol. The number of nitrogens with zero attached hydrogens (tertiary/aromatic N) is 1. The molecule has 1 aliphatic rings. The SMILES string of the molecule is CCc1ccccc1NC(=O)N1CCOc2ccc(C)cc21. The lowest BCUT2D eigenvalue weighted by Crippen LogP contribution is -2.40. The van der Waals surface area contributed by atoms with E-state index in [1.807, 2.05) is 49.4 Å². The number of rotatable bonds is 2. The molecule has 0 atom stereocenters. The summed E-state index contributed by atoms with van der Waals surface area (Å²) in [6, 6.07) is 13.7. The number of benzene rings is 2. The van der Waals surface area contributed by atoms with E-state index in [0.717, 1.165) is 34.7 Å². The second-order valence-electron chi connectivity index (χ2n) is 5.41. The Bertz CT molecular complexity index is 697. The lowest BCUT2D eigenvalue weighted by Gasteiger charge is -2.30. The highest BCUT2D eigenvalue weighted by atomic mass is 16.5. The molecule has 4 heteroatoms. The molecule has 0 saturated carbocycles. The molecule has 2 aromatic rings. The summed E-state index contributed by atoms with van der Waals surface area (Å²) in [6.45, 7) is 5.16. The Hall–Kier alpha value is -2.49. The van der Waals surface area contributed by atoms with Gasteiger partial charge in [0.25, 0.3) is 0 Å². The fourth-order valence-electron chi connectivity index (χ4n) is 2.67. The van der Waals surface area contributed by atoms with Crippen molar-refractivity contribution in [2.24, 2.45) is 0 Å². The first-order valence-electron chi connectivity index (χ1n) is 7.59. The van der Waals surface area contributed by atoms with Crippen LogP contribution in [0.25, 0.3) is 0 Å². The predicted molar refractivity (Wildman–Crippen MR) is 88.9 cm³/mol. The maximum absolute atomic E-state index is 12.7. The van der Waals surface area contributed by atoms with Crippen molar-refractivity contribution in [3.63, 3.8) is 0 Å². The van der Waals surface area contributed by atoms with Crippen LogP contribution in [-0.2, 0) is 6.42 Å². The summed E-state index contributed by atoms with van der Waals surface area (Å²) in [5, 5.41) is 3.02. The van der Waals surface area contributed by atoms with Gasteiger partial charge in [0.2, 0.25) is 0 Å². The maximum atomic E-state index is 12.7. The predicted octanol–water partition coefficient (Wildman–Crippen LogP) is 3.99. The van der Waals surface area contributed by atoms with Gasteiger partial charge in [0.1, 0.15) is 12.4 Å². The molecule has 2 amide bonds. The summed E-state index contributed by atoms with van der Waals surface area (Å²) in [4.78, 5) is 14.4. The number of ether oxygens (including phenoxy) is 1. The van der Waals surface area contributed by atoms with E-state index in [9.17, 15) is 4.79 Å². The number of fused-ring (bicyclic) bond motifs is 1. The number of carbonyl (C=O) groups is 1. The van der Waals surface area contributed by atoms with E-state index in [1.54, 1.807) is 4.90 Å². The van der Waals surface area contributed by atoms with Crippen LogP contribution >= 0.6 is 0 Å². The molecule has 0 spiro atoms. The number of anilines is 2. The Labute approximate surface area is 130 Å². The number of amides is 2. The first-order valence-corrected chi connectivity index (χ1v) is 7.59. The fourth-order valence-corrected chi connectivity index (χ4v) is 2.67. The zero-order valence-corrected chi connectivity index (χ0v) is 12.9. The smallest absolute Gasteiger partial charge is 0.326 e. The molecular weight excluding hydrogens is 276 g/mol. The van der Waals surface area contributed by atoms with Crippen molar-refractivity contribution < 1.29 is 9.53 Å². The molecule has 1 aliphatic heterocycles. The van der Waals surface area contributed by atoms with E-state index < -0.39 is 0 Å². The van der Waals surface area contributed by atoms with Gasteiger partial charge in [-0.15, -0.1) is 0 Å². The largest absolute Gasteiger partial charge is 0.490 e. The second-order valence-corrected chi connectivity index (χ2v) is 5.41. The van der Waals surface area contributed by atoms with Crippen LogP contribution in [0.3, 0.4) is 0 Å². The number of hydrogen-bond acceptors (Lipinski definition) is 2. The molecule has 114 valence electrons. The lowest BCUT2D eigenvalue weighted by atomic mass is 10.1. The van der Waals surface area contributed by atoms with Gasteiger partial charge >= 0.3 is 6.03 Å². The van der Waals surface area contributed by atoms with E-state index in [-0.39, 0.29) is 6.03 Å². The first kappa shape index (κ1) is 14.4. The highest BCUT2D eigenvalue weighted by Crippen LogP contribution is 2.32. The van der Waals surface area contributed by atoms with Crippen LogP contribution in [0.4, 0.5) is 16.2 Å². The van der Waals surface area contributed by atoms with Gasteiger partial charge in [-0.25, -0.2) is 4.79 Å². The summed E-state index contributed by atoms with van der Waals surface area (Å²) in [6.07, 6.45) is 0.884. The lowest BCUT2D eigenvalue weighted by molar-refractivity contribution is 0.250.